The molecule has 6 heteroatoms. The Kier molecular flexibility index (Phi) is 3.33. The van der Waals surface area contributed by atoms with Crippen LogP contribution in [-0.2, 0) is 13.6 Å². The van der Waals surface area contributed by atoms with Crippen LogP contribution in [0.5, 0.6) is 0 Å². The smallest absolute Gasteiger partial charge is 0.163 e. The molecule has 1 aliphatic heterocycles. The van der Waals surface area contributed by atoms with Crippen molar-refractivity contribution in [2.45, 2.75) is 51.7 Å². The molecule has 0 bridgehead atoms. The second kappa shape index (κ2) is 5.01. The van der Waals surface area contributed by atoms with Crippen LogP contribution in [0.1, 0.15) is 38.9 Å². The van der Waals surface area contributed by atoms with Crippen molar-refractivity contribution in [2.24, 2.45) is 7.05 Å². The van der Waals surface area contributed by atoms with Gasteiger partial charge >= 0.3 is 0 Å². The number of hydrogen-bond donors (Lipinski definition) is 1. The lowest BCUT2D eigenvalue weighted by atomic mass is 10.1. The number of aryl methyl sites for hydroxylation is 1. The maximum Gasteiger partial charge on any atom is 0.163 e. The first kappa shape index (κ1) is 13.3. The molecule has 0 spiro atoms. The van der Waals surface area contributed by atoms with E-state index in [-0.39, 0.29) is 0 Å². The van der Waals surface area contributed by atoms with E-state index in [1.807, 2.05) is 7.05 Å². The Hall–Kier alpha value is -1.69. The average molecular weight is 274 g/mol. The fourth-order valence-electron chi connectivity index (χ4n) is 3.17. The van der Waals surface area contributed by atoms with Gasteiger partial charge in [0.1, 0.15) is 11.6 Å². The van der Waals surface area contributed by atoms with Crippen molar-refractivity contribution in [2.75, 3.05) is 5.73 Å². The minimum Gasteiger partial charge on any atom is -0.383 e. The monoisotopic (exact) mass is 274 g/mol. The zero-order valence-corrected chi connectivity index (χ0v) is 12.4. The lowest BCUT2D eigenvalue weighted by Crippen LogP contribution is -2.34. The summed E-state index contributed by atoms with van der Waals surface area (Å²) >= 11 is 0. The fraction of sp³-hybridized carbons (Fsp3) is 0.643. The molecular formula is C14H22N6. The Bertz CT molecular complexity index is 619. The van der Waals surface area contributed by atoms with E-state index in [2.05, 4.69) is 33.8 Å². The predicted octanol–water partition coefficient (Wildman–Crippen LogP) is 1.71. The van der Waals surface area contributed by atoms with E-state index >= 15 is 0 Å². The number of nitrogens with zero attached hydrogens (tertiary/aromatic N) is 5. The first-order valence-electron chi connectivity index (χ1n) is 7.30. The Labute approximate surface area is 119 Å². The summed E-state index contributed by atoms with van der Waals surface area (Å²) in [6.45, 7) is 5.29. The molecule has 108 valence electrons. The van der Waals surface area contributed by atoms with Crippen LogP contribution in [0.3, 0.4) is 0 Å². The van der Waals surface area contributed by atoms with Gasteiger partial charge in [0, 0.05) is 19.1 Å². The maximum atomic E-state index is 6.02. The lowest BCUT2D eigenvalue weighted by molar-refractivity contribution is 0.185. The van der Waals surface area contributed by atoms with Crippen LogP contribution in [-0.4, -0.2) is 36.7 Å². The number of fused-ring (bicyclic) bond motifs is 1. The molecule has 1 aliphatic rings. The van der Waals surface area contributed by atoms with Crippen LogP contribution in [0, 0.1) is 0 Å². The molecule has 2 aromatic rings. The Balaban J connectivity index is 1.92. The standard InChI is InChI=1S/C14H22N6/c1-4-10-6-5-9(2)20(10)8-12-17-13(15)11-7-16-19(3)14(11)18-12/h7,9-10H,4-6,8H2,1-3H3,(H2,15,17,18). The molecule has 2 aromatic heterocycles. The van der Waals surface area contributed by atoms with Gasteiger partial charge in [-0.15, -0.1) is 0 Å². The summed E-state index contributed by atoms with van der Waals surface area (Å²) < 4.78 is 1.75. The van der Waals surface area contributed by atoms with Crippen molar-refractivity contribution >= 4 is 16.9 Å². The third-order valence-electron chi connectivity index (χ3n) is 4.42. The number of likely N-dealkylation sites (tertiary alicyclic amines) is 1. The summed E-state index contributed by atoms with van der Waals surface area (Å²) in [7, 11) is 1.88. The third kappa shape index (κ3) is 2.14. The van der Waals surface area contributed by atoms with Gasteiger partial charge in [-0.2, -0.15) is 5.10 Å². The van der Waals surface area contributed by atoms with Gasteiger partial charge in [-0.05, 0) is 26.2 Å². The first-order valence-corrected chi connectivity index (χ1v) is 7.30. The summed E-state index contributed by atoms with van der Waals surface area (Å²) in [5.74, 6) is 1.32. The Morgan fingerprint density at radius 3 is 2.90 bits per heavy atom. The highest BCUT2D eigenvalue weighted by atomic mass is 15.3. The van der Waals surface area contributed by atoms with E-state index in [0.717, 1.165) is 23.4 Å². The Morgan fingerprint density at radius 2 is 2.15 bits per heavy atom. The van der Waals surface area contributed by atoms with Crippen LogP contribution < -0.4 is 5.73 Å². The van der Waals surface area contributed by atoms with Gasteiger partial charge in [0.25, 0.3) is 0 Å². The zero-order chi connectivity index (χ0) is 14.3. The molecule has 1 fully saturated rings. The van der Waals surface area contributed by atoms with Gasteiger partial charge in [0.2, 0.25) is 0 Å². The van der Waals surface area contributed by atoms with E-state index in [9.17, 15) is 0 Å². The maximum absolute atomic E-state index is 6.02. The quantitative estimate of drug-likeness (QED) is 0.922. The normalized spacial score (nSPS) is 23.8. The molecule has 2 unspecified atom stereocenters. The third-order valence-corrected chi connectivity index (χ3v) is 4.42. The number of anilines is 1. The number of nitrogen functional groups attached to an aromatic ring is 1. The van der Waals surface area contributed by atoms with Gasteiger partial charge in [-0.25, -0.2) is 9.97 Å². The van der Waals surface area contributed by atoms with Crippen molar-refractivity contribution in [3.63, 3.8) is 0 Å². The van der Waals surface area contributed by atoms with Crippen molar-refractivity contribution in [3.8, 4) is 0 Å². The number of nitrogens with two attached hydrogens (primary N) is 1. The molecule has 3 rings (SSSR count). The van der Waals surface area contributed by atoms with Crippen LogP contribution in [0.2, 0.25) is 0 Å². The largest absolute Gasteiger partial charge is 0.383 e. The second-order valence-electron chi connectivity index (χ2n) is 5.69. The van der Waals surface area contributed by atoms with E-state index in [1.54, 1.807) is 10.9 Å². The van der Waals surface area contributed by atoms with Crippen LogP contribution in [0.15, 0.2) is 6.20 Å². The van der Waals surface area contributed by atoms with Crippen LogP contribution >= 0.6 is 0 Å². The molecule has 0 aliphatic carbocycles. The fourth-order valence-corrected chi connectivity index (χ4v) is 3.17. The SMILES string of the molecule is CCC1CCC(C)N1Cc1nc(N)c2cnn(C)c2n1. The van der Waals surface area contributed by atoms with Crippen molar-refractivity contribution in [3.05, 3.63) is 12.0 Å². The van der Waals surface area contributed by atoms with Crippen molar-refractivity contribution < 1.29 is 0 Å². The molecular weight excluding hydrogens is 252 g/mol. The highest BCUT2D eigenvalue weighted by Gasteiger charge is 2.30. The first-order chi connectivity index (χ1) is 9.60. The second-order valence-corrected chi connectivity index (χ2v) is 5.69. The van der Waals surface area contributed by atoms with Crippen molar-refractivity contribution in [1.82, 2.24) is 24.6 Å². The highest BCUT2D eigenvalue weighted by Crippen LogP contribution is 2.27. The van der Waals surface area contributed by atoms with Gasteiger partial charge in [0.15, 0.2) is 5.65 Å². The molecule has 2 atom stereocenters. The van der Waals surface area contributed by atoms with E-state index in [0.29, 0.717) is 17.9 Å². The zero-order valence-electron chi connectivity index (χ0n) is 12.4. The van der Waals surface area contributed by atoms with E-state index in [4.69, 9.17) is 5.73 Å². The molecule has 0 radical (unpaired) electrons. The molecule has 0 aromatic carbocycles. The van der Waals surface area contributed by atoms with E-state index in [1.165, 1.54) is 19.3 Å². The number of rotatable bonds is 3. The summed E-state index contributed by atoms with van der Waals surface area (Å²) in [5.41, 5.74) is 6.84. The van der Waals surface area contributed by atoms with Gasteiger partial charge in [-0.3, -0.25) is 9.58 Å². The molecule has 2 N–H and O–H groups in total. The van der Waals surface area contributed by atoms with Crippen molar-refractivity contribution in [1.29, 1.82) is 0 Å². The number of aromatic nitrogens is 4. The van der Waals surface area contributed by atoms with E-state index < -0.39 is 0 Å². The molecule has 3 heterocycles. The number of hydrogen-bond acceptors (Lipinski definition) is 5. The van der Waals surface area contributed by atoms with Gasteiger partial charge < -0.3 is 5.73 Å². The molecule has 0 saturated carbocycles. The molecule has 6 nitrogen and oxygen atoms in total. The summed E-state index contributed by atoms with van der Waals surface area (Å²) in [6.07, 6.45) is 5.42. The minimum atomic E-state index is 0.526. The van der Waals surface area contributed by atoms with Crippen LogP contribution in [0.25, 0.3) is 11.0 Å². The summed E-state index contributed by atoms with van der Waals surface area (Å²) in [5, 5.41) is 5.03. The van der Waals surface area contributed by atoms with Crippen LogP contribution in [0.4, 0.5) is 5.82 Å². The molecule has 0 amide bonds. The molecule has 1 saturated heterocycles. The average Bonchev–Trinajstić information content (AvgIpc) is 2.96. The topological polar surface area (TPSA) is 72.9 Å². The van der Waals surface area contributed by atoms with Gasteiger partial charge in [0.05, 0.1) is 18.1 Å². The summed E-state index contributed by atoms with van der Waals surface area (Å²) in [6, 6.07) is 1.23. The molecule has 20 heavy (non-hydrogen) atoms. The highest BCUT2D eigenvalue weighted by molar-refractivity contribution is 5.84. The van der Waals surface area contributed by atoms with Gasteiger partial charge in [-0.1, -0.05) is 6.92 Å². The lowest BCUT2D eigenvalue weighted by Gasteiger charge is -2.26. The minimum absolute atomic E-state index is 0.526. The summed E-state index contributed by atoms with van der Waals surface area (Å²) in [4.78, 5) is 11.6. The predicted molar refractivity (Wildman–Crippen MR) is 79.0 cm³/mol. The Morgan fingerprint density at radius 1 is 1.35 bits per heavy atom.